The Morgan fingerprint density at radius 1 is 1.10 bits per heavy atom. The molecule has 4 aromatic rings. The molecular formula is C22H23N5O2S. The second-order valence-electron chi connectivity index (χ2n) is 8.16. The van der Waals surface area contributed by atoms with Crippen LogP contribution in [0.15, 0.2) is 57.1 Å². The summed E-state index contributed by atoms with van der Waals surface area (Å²) in [5.41, 5.74) is 1.17. The van der Waals surface area contributed by atoms with Crippen LogP contribution in [0.25, 0.3) is 16.7 Å². The van der Waals surface area contributed by atoms with Crippen molar-refractivity contribution < 1.29 is 4.52 Å². The van der Waals surface area contributed by atoms with Crippen LogP contribution in [0.5, 0.6) is 0 Å². The first-order chi connectivity index (χ1) is 14.3. The van der Waals surface area contributed by atoms with E-state index in [0.29, 0.717) is 33.6 Å². The zero-order valence-corrected chi connectivity index (χ0v) is 18.4. The topological polar surface area (TPSA) is 86.7 Å². The Labute approximate surface area is 178 Å². The van der Waals surface area contributed by atoms with Crippen LogP contribution in [-0.2, 0) is 5.41 Å². The van der Waals surface area contributed by atoms with Crippen molar-refractivity contribution in [1.82, 2.24) is 24.7 Å². The Morgan fingerprint density at radius 3 is 2.57 bits per heavy atom. The summed E-state index contributed by atoms with van der Waals surface area (Å²) in [7, 11) is 0. The Bertz CT molecular complexity index is 1270. The first kappa shape index (κ1) is 20.3. The molecule has 4 rings (SSSR count). The van der Waals surface area contributed by atoms with Gasteiger partial charge >= 0.3 is 0 Å². The van der Waals surface area contributed by atoms with E-state index in [1.807, 2.05) is 65.0 Å². The number of aromatic nitrogens is 5. The van der Waals surface area contributed by atoms with E-state index in [4.69, 9.17) is 9.51 Å². The molecule has 1 atom stereocenters. The van der Waals surface area contributed by atoms with Crippen LogP contribution in [0.4, 0.5) is 0 Å². The van der Waals surface area contributed by atoms with E-state index in [2.05, 4.69) is 15.1 Å². The number of benzene rings is 1. The van der Waals surface area contributed by atoms with Gasteiger partial charge in [-0.25, -0.2) is 14.5 Å². The van der Waals surface area contributed by atoms with Crippen LogP contribution in [-0.4, -0.2) is 24.7 Å². The van der Waals surface area contributed by atoms with Crippen LogP contribution in [0.2, 0.25) is 0 Å². The number of thioether (sulfide) groups is 1. The lowest BCUT2D eigenvalue weighted by Gasteiger charge is -2.15. The van der Waals surface area contributed by atoms with E-state index < -0.39 is 0 Å². The van der Waals surface area contributed by atoms with Gasteiger partial charge in [0.1, 0.15) is 5.82 Å². The van der Waals surface area contributed by atoms with E-state index in [9.17, 15) is 4.79 Å². The first-order valence-corrected chi connectivity index (χ1v) is 10.6. The van der Waals surface area contributed by atoms with E-state index >= 15 is 0 Å². The molecule has 0 saturated heterocycles. The zero-order chi connectivity index (χ0) is 21.5. The molecule has 154 valence electrons. The maximum Gasteiger partial charge on any atom is 0.267 e. The maximum atomic E-state index is 13.4. The molecule has 0 N–H and O–H groups in total. The average Bonchev–Trinajstić information content (AvgIpc) is 3.20. The highest BCUT2D eigenvalue weighted by Gasteiger charge is 2.25. The second kappa shape index (κ2) is 7.68. The zero-order valence-electron chi connectivity index (χ0n) is 17.6. The second-order valence-corrected chi connectivity index (χ2v) is 9.47. The molecule has 30 heavy (non-hydrogen) atoms. The van der Waals surface area contributed by atoms with Crippen molar-refractivity contribution in [3.8, 4) is 5.82 Å². The van der Waals surface area contributed by atoms with Gasteiger partial charge in [0, 0.05) is 11.6 Å². The smallest absolute Gasteiger partial charge is 0.267 e. The molecule has 0 fully saturated rings. The summed E-state index contributed by atoms with van der Waals surface area (Å²) < 4.78 is 7.07. The van der Waals surface area contributed by atoms with Crippen LogP contribution < -0.4 is 5.56 Å². The summed E-state index contributed by atoms with van der Waals surface area (Å²) >= 11 is 1.40. The van der Waals surface area contributed by atoms with Gasteiger partial charge in [0.15, 0.2) is 11.0 Å². The third-order valence-electron chi connectivity index (χ3n) is 4.68. The Morgan fingerprint density at radius 2 is 1.87 bits per heavy atom. The summed E-state index contributed by atoms with van der Waals surface area (Å²) in [6.45, 7) is 9.99. The van der Waals surface area contributed by atoms with Crippen molar-refractivity contribution in [2.45, 2.75) is 50.4 Å². The summed E-state index contributed by atoms with van der Waals surface area (Å²) in [6.07, 6.45) is 1.68. The minimum Gasteiger partial charge on any atom is -0.338 e. The molecule has 0 aliphatic carbocycles. The van der Waals surface area contributed by atoms with E-state index in [1.54, 1.807) is 16.8 Å². The monoisotopic (exact) mass is 421 g/mol. The number of aryl methyl sites for hydroxylation is 1. The van der Waals surface area contributed by atoms with Gasteiger partial charge in [-0.1, -0.05) is 55.9 Å². The van der Waals surface area contributed by atoms with Crippen molar-refractivity contribution >= 4 is 22.7 Å². The molecule has 1 aromatic carbocycles. The number of fused-ring (bicyclic) bond motifs is 1. The SMILES string of the molecule is Cc1cccnc1-n1c(S[C@H](C)c2nc(C(C)(C)C)no2)nc2ccccc2c1=O. The summed E-state index contributed by atoms with van der Waals surface area (Å²) in [4.78, 5) is 27.1. The van der Waals surface area contributed by atoms with Crippen LogP contribution in [0, 0.1) is 6.92 Å². The average molecular weight is 422 g/mol. The number of para-hydroxylation sites is 1. The number of rotatable bonds is 4. The standard InChI is InChI=1S/C22H23N5O2S/c1-13-9-8-12-23-17(13)27-19(28)15-10-6-7-11-16(15)24-21(27)30-14(2)18-25-20(26-29-18)22(3,4)5/h6-12,14H,1-5H3/t14-/m1/s1. The molecule has 0 amide bonds. The molecule has 0 radical (unpaired) electrons. The number of hydrogen-bond acceptors (Lipinski definition) is 7. The first-order valence-electron chi connectivity index (χ1n) is 9.70. The fourth-order valence-corrected chi connectivity index (χ4v) is 3.94. The fourth-order valence-electron chi connectivity index (χ4n) is 3.00. The van der Waals surface area contributed by atoms with Gasteiger partial charge in [-0.2, -0.15) is 4.98 Å². The molecule has 0 saturated carbocycles. The number of hydrogen-bond donors (Lipinski definition) is 0. The summed E-state index contributed by atoms with van der Waals surface area (Å²) in [6, 6.07) is 11.1. The molecule has 0 bridgehead atoms. The molecule has 7 nitrogen and oxygen atoms in total. The molecule has 0 aliphatic rings. The van der Waals surface area contributed by atoms with Crippen molar-refractivity contribution in [2.75, 3.05) is 0 Å². The molecule has 3 aromatic heterocycles. The van der Waals surface area contributed by atoms with Crippen molar-refractivity contribution in [1.29, 1.82) is 0 Å². The van der Waals surface area contributed by atoms with Gasteiger partial charge in [0.05, 0.1) is 16.2 Å². The number of nitrogens with zero attached hydrogens (tertiary/aromatic N) is 5. The predicted molar refractivity (Wildman–Crippen MR) is 117 cm³/mol. The largest absolute Gasteiger partial charge is 0.338 e. The number of pyridine rings is 1. The quantitative estimate of drug-likeness (QED) is 0.351. The fraction of sp³-hybridized carbons (Fsp3) is 0.318. The third-order valence-corrected chi connectivity index (χ3v) is 5.72. The Kier molecular flexibility index (Phi) is 5.19. The lowest BCUT2D eigenvalue weighted by Crippen LogP contribution is -2.23. The predicted octanol–water partition coefficient (Wildman–Crippen LogP) is 4.62. The molecule has 3 heterocycles. The highest BCUT2D eigenvalue weighted by atomic mass is 32.2. The molecule has 0 unspecified atom stereocenters. The lowest BCUT2D eigenvalue weighted by molar-refractivity contribution is 0.364. The van der Waals surface area contributed by atoms with Crippen LogP contribution in [0.3, 0.4) is 0 Å². The van der Waals surface area contributed by atoms with Crippen molar-refractivity contribution in [3.05, 3.63) is 70.2 Å². The van der Waals surface area contributed by atoms with Gasteiger partial charge in [0.25, 0.3) is 5.56 Å². The normalized spacial score (nSPS) is 13.0. The molecule has 0 spiro atoms. The van der Waals surface area contributed by atoms with E-state index in [0.717, 1.165) is 5.56 Å². The Balaban J connectivity index is 1.84. The van der Waals surface area contributed by atoms with Crippen molar-refractivity contribution in [2.24, 2.45) is 0 Å². The molecule has 0 aliphatic heterocycles. The molecule has 8 heteroatoms. The third kappa shape index (κ3) is 3.75. The van der Waals surface area contributed by atoms with Gasteiger partial charge in [-0.05, 0) is 37.6 Å². The van der Waals surface area contributed by atoms with Gasteiger partial charge in [-0.15, -0.1) is 0 Å². The highest BCUT2D eigenvalue weighted by Crippen LogP contribution is 2.35. The Hall–Kier alpha value is -3.00. The molecular weight excluding hydrogens is 398 g/mol. The van der Waals surface area contributed by atoms with Gasteiger partial charge in [0.2, 0.25) is 5.89 Å². The summed E-state index contributed by atoms with van der Waals surface area (Å²) in [5, 5.41) is 4.99. The maximum absolute atomic E-state index is 13.4. The highest BCUT2D eigenvalue weighted by molar-refractivity contribution is 7.99. The van der Waals surface area contributed by atoms with Crippen molar-refractivity contribution in [3.63, 3.8) is 0 Å². The van der Waals surface area contributed by atoms with E-state index in [-0.39, 0.29) is 16.2 Å². The van der Waals surface area contributed by atoms with Gasteiger partial charge in [-0.3, -0.25) is 4.79 Å². The minimum absolute atomic E-state index is 0.155. The summed E-state index contributed by atoms with van der Waals surface area (Å²) in [5.74, 6) is 1.71. The van der Waals surface area contributed by atoms with Crippen LogP contribution >= 0.6 is 11.8 Å². The minimum atomic E-state index is -0.208. The lowest BCUT2D eigenvalue weighted by atomic mass is 9.96. The van der Waals surface area contributed by atoms with Crippen LogP contribution in [0.1, 0.15) is 50.2 Å². The van der Waals surface area contributed by atoms with E-state index in [1.165, 1.54) is 11.8 Å². The van der Waals surface area contributed by atoms with Gasteiger partial charge < -0.3 is 4.52 Å².